The quantitative estimate of drug-likeness (QED) is 0.520. The van der Waals surface area contributed by atoms with E-state index in [1.165, 1.54) is 29.1 Å². The van der Waals surface area contributed by atoms with Crippen LogP contribution in [-0.4, -0.2) is 60.6 Å². The lowest BCUT2D eigenvalue weighted by Crippen LogP contribution is -2.54. The van der Waals surface area contributed by atoms with E-state index in [1.54, 1.807) is 0 Å². The fraction of sp³-hybridized carbons (Fsp3) is 0.381. The fourth-order valence-corrected chi connectivity index (χ4v) is 4.31. The van der Waals surface area contributed by atoms with E-state index in [4.69, 9.17) is 0 Å². The Bertz CT molecular complexity index is 1220. The van der Waals surface area contributed by atoms with Crippen molar-refractivity contribution in [1.82, 2.24) is 25.2 Å². The van der Waals surface area contributed by atoms with Crippen molar-refractivity contribution < 1.29 is 29.1 Å². The normalized spacial score (nSPS) is 21.5. The molecule has 1 saturated heterocycles. The molecular weight excluding hydrogens is 432 g/mol. The molecule has 1 atom stereocenters. The van der Waals surface area contributed by atoms with Gasteiger partial charge in [0.25, 0.3) is 11.8 Å². The average molecular weight is 452 g/mol. The summed E-state index contributed by atoms with van der Waals surface area (Å²) < 4.78 is 1.28. The molecule has 1 aromatic carbocycles. The van der Waals surface area contributed by atoms with Crippen LogP contribution in [0.1, 0.15) is 58.5 Å². The van der Waals surface area contributed by atoms with Crippen molar-refractivity contribution in [2.75, 3.05) is 5.32 Å². The number of carbonyl (C=O) groups is 5. The van der Waals surface area contributed by atoms with Gasteiger partial charge in [0.2, 0.25) is 17.7 Å². The molecule has 3 aliphatic rings. The highest BCUT2D eigenvalue weighted by Gasteiger charge is 2.45. The van der Waals surface area contributed by atoms with Crippen LogP contribution in [0.2, 0.25) is 0 Å². The van der Waals surface area contributed by atoms with Gasteiger partial charge < -0.3 is 10.4 Å². The smallest absolute Gasteiger partial charge is 0.264 e. The lowest BCUT2D eigenvalue weighted by atomic mass is 9.78. The Morgan fingerprint density at radius 1 is 1.21 bits per heavy atom. The second-order valence-electron chi connectivity index (χ2n) is 8.41. The van der Waals surface area contributed by atoms with Crippen molar-refractivity contribution in [3.8, 4) is 0 Å². The number of hydrogen-bond donors (Lipinski definition) is 3. The molecule has 2 aromatic rings. The molecule has 1 aliphatic carbocycles. The summed E-state index contributed by atoms with van der Waals surface area (Å²) in [5, 5.41) is 22.9. The number of amides is 5. The third-order valence-corrected chi connectivity index (χ3v) is 6.24. The Kier molecular flexibility index (Phi) is 4.81. The van der Waals surface area contributed by atoms with Gasteiger partial charge in [0.15, 0.2) is 0 Å². The number of fused-ring (bicyclic) bond motifs is 1. The molecule has 2 aliphatic heterocycles. The highest BCUT2D eigenvalue weighted by molar-refractivity contribution is 6.26. The van der Waals surface area contributed by atoms with Crippen LogP contribution in [0.4, 0.5) is 5.69 Å². The number of piperidine rings is 1. The first kappa shape index (κ1) is 20.9. The van der Waals surface area contributed by atoms with E-state index in [9.17, 15) is 29.1 Å². The van der Waals surface area contributed by atoms with Crippen LogP contribution in [0.25, 0.3) is 0 Å². The number of aromatic nitrogens is 3. The molecule has 1 saturated carbocycles. The van der Waals surface area contributed by atoms with Gasteiger partial charge in [-0.2, -0.15) is 0 Å². The highest BCUT2D eigenvalue weighted by atomic mass is 16.3. The molecule has 1 unspecified atom stereocenters. The Morgan fingerprint density at radius 3 is 2.70 bits per heavy atom. The van der Waals surface area contributed by atoms with Crippen molar-refractivity contribution in [2.45, 2.75) is 50.3 Å². The van der Waals surface area contributed by atoms with Crippen molar-refractivity contribution in [1.29, 1.82) is 0 Å². The standard InChI is InChI=1S/C21H20N6O6/c28-15-6-5-13(18(30)23-15)27-19(31)11-3-1-4-12(17(11)20(27)32)22-16(29)10-26-9-14(24-25-26)21(33)7-2-8-21/h1,3-4,9,13,33H,2,5-8,10H2,(H,22,29)(H,23,28,30). The fourth-order valence-electron chi connectivity index (χ4n) is 4.31. The maximum absolute atomic E-state index is 13.1. The Morgan fingerprint density at radius 2 is 2.00 bits per heavy atom. The van der Waals surface area contributed by atoms with Gasteiger partial charge in [-0.1, -0.05) is 11.3 Å². The first-order valence-corrected chi connectivity index (χ1v) is 10.5. The molecule has 5 amide bonds. The number of nitrogens with zero attached hydrogens (tertiary/aromatic N) is 4. The Hall–Kier alpha value is -3.93. The summed E-state index contributed by atoms with van der Waals surface area (Å²) >= 11 is 0. The lowest BCUT2D eigenvalue weighted by Gasteiger charge is -2.34. The van der Waals surface area contributed by atoms with Gasteiger partial charge in [0.1, 0.15) is 23.9 Å². The third kappa shape index (κ3) is 3.48. The summed E-state index contributed by atoms with van der Waals surface area (Å²) in [5.74, 6) is -3.05. The molecule has 0 radical (unpaired) electrons. The third-order valence-electron chi connectivity index (χ3n) is 6.24. The summed E-state index contributed by atoms with van der Waals surface area (Å²) in [6.07, 6.45) is 3.64. The summed E-state index contributed by atoms with van der Waals surface area (Å²) in [6, 6.07) is 3.36. The van der Waals surface area contributed by atoms with E-state index in [1.807, 2.05) is 0 Å². The van der Waals surface area contributed by atoms with Gasteiger partial charge in [-0.15, -0.1) is 5.10 Å². The van der Waals surface area contributed by atoms with Crippen LogP contribution in [-0.2, 0) is 26.5 Å². The van der Waals surface area contributed by atoms with Crippen molar-refractivity contribution in [3.63, 3.8) is 0 Å². The van der Waals surface area contributed by atoms with Gasteiger partial charge >= 0.3 is 0 Å². The van der Waals surface area contributed by atoms with Gasteiger partial charge in [-0.05, 0) is 37.8 Å². The van der Waals surface area contributed by atoms with Crippen LogP contribution in [0.3, 0.4) is 0 Å². The Labute approximate surface area is 186 Å². The van der Waals surface area contributed by atoms with Gasteiger partial charge in [-0.3, -0.25) is 34.2 Å². The Balaban J connectivity index is 1.33. The number of benzene rings is 1. The van der Waals surface area contributed by atoms with Crippen LogP contribution in [0, 0.1) is 0 Å². The second-order valence-corrected chi connectivity index (χ2v) is 8.41. The molecule has 0 bridgehead atoms. The SMILES string of the molecule is O=C1CCC(N2C(=O)c3cccc(NC(=O)Cn4cc(C5(O)CCC5)nn4)c3C2=O)C(=O)N1. The van der Waals surface area contributed by atoms with Gasteiger partial charge in [0, 0.05) is 6.42 Å². The largest absolute Gasteiger partial charge is 0.383 e. The zero-order chi connectivity index (χ0) is 23.3. The van der Waals surface area contributed by atoms with Crippen LogP contribution in [0.5, 0.6) is 0 Å². The molecule has 12 heteroatoms. The van der Waals surface area contributed by atoms with Crippen molar-refractivity contribution in [2.24, 2.45) is 0 Å². The van der Waals surface area contributed by atoms with Crippen LogP contribution < -0.4 is 10.6 Å². The zero-order valence-electron chi connectivity index (χ0n) is 17.4. The van der Waals surface area contributed by atoms with E-state index < -0.39 is 41.2 Å². The predicted molar refractivity (Wildman–Crippen MR) is 110 cm³/mol. The van der Waals surface area contributed by atoms with Crippen LogP contribution in [0.15, 0.2) is 24.4 Å². The topological polar surface area (TPSA) is 164 Å². The van der Waals surface area contributed by atoms with Gasteiger partial charge in [0.05, 0.1) is 23.0 Å². The first-order chi connectivity index (χ1) is 15.8. The maximum atomic E-state index is 13.1. The monoisotopic (exact) mass is 452 g/mol. The minimum absolute atomic E-state index is 0.0105. The first-order valence-electron chi connectivity index (χ1n) is 10.5. The molecule has 0 spiro atoms. The lowest BCUT2D eigenvalue weighted by molar-refractivity contribution is -0.136. The van der Waals surface area contributed by atoms with Gasteiger partial charge in [-0.25, -0.2) is 4.68 Å². The molecule has 3 N–H and O–H groups in total. The number of anilines is 1. The predicted octanol–water partition coefficient (Wildman–Crippen LogP) is -0.310. The molecule has 2 fully saturated rings. The minimum Gasteiger partial charge on any atom is -0.383 e. The molecular formula is C21H20N6O6. The number of nitrogens with one attached hydrogen (secondary N) is 2. The number of carbonyl (C=O) groups excluding carboxylic acids is 5. The molecule has 1 aromatic heterocycles. The maximum Gasteiger partial charge on any atom is 0.264 e. The highest BCUT2D eigenvalue weighted by Crippen LogP contribution is 2.39. The average Bonchev–Trinajstić information content (AvgIpc) is 3.31. The minimum atomic E-state index is -1.09. The number of imide groups is 2. The van der Waals surface area contributed by atoms with Crippen molar-refractivity contribution >= 4 is 35.2 Å². The summed E-state index contributed by atoms with van der Waals surface area (Å²) in [6.45, 7) is -0.217. The number of rotatable bonds is 5. The zero-order valence-corrected chi connectivity index (χ0v) is 17.4. The van der Waals surface area contributed by atoms with E-state index in [0.717, 1.165) is 11.3 Å². The second kappa shape index (κ2) is 7.59. The van der Waals surface area contributed by atoms with E-state index in [0.29, 0.717) is 18.5 Å². The number of aliphatic hydroxyl groups is 1. The molecule has 12 nitrogen and oxygen atoms in total. The van der Waals surface area contributed by atoms with Crippen LogP contribution >= 0.6 is 0 Å². The molecule has 5 rings (SSSR count). The summed E-state index contributed by atoms with van der Waals surface area (Å²) in [5.41, 5.74) is -0.408. The summed E-state index contributed by atoms with van der Waals surface area (Å²) in [7, 11) is 0. The van der Waals surface area contributed by atoms with E-state index >= 15 is 0 Å². The molecule has 3 heterocycles. The summed E-state index contributed by atoms with van der Waals surface area (Å²) in [4.78, 5) is 63.0. The van der Waals surface area contributed by atoms with E-state index in [2.05, 4.69) is 20.9 Å². The molecule has 33 heavy (non-hydrogen) atoms. The van der Waals surface area contributed by atoms with E-state index in [-0.39, 0.29) is 36.2 Å². The molecule has 170 valence electrons. The van der Waals surface area contributed by atoms with Crippen molar-refractivity contribution in [3.05, 3.63) is 41.2 Å². The number of hydrogen-bond acceptors (Lipinski definition) is 8.